The zero-order valence-corrected chi connectivity index (χ0v) is 26.5. The Kier molecular flexibility index (Phi) is 12.1. The molecule has 0 radical (unpaired) electrons. The van der Waals surface area contributed by atoms with Gasteiger partial charge in [-0.2, -0.15) is 8.42 Å². The van der Waals surface area contributed by atoms with Crippen molar-refractivity contribution in [2.24, 2.45) is 5.92 Å². The summed E-state index contributed by atoms with van der Waals surface area (Å²) in [6.45, 7) is 17.7. The lowest BCUT2D eigenvalue weighted by Gasteiger charge is -2.43. The molecule has 1 N–H and O–H groups in total. The van der Waals surface area contributed by atoms with Crippen LogP contribution in [0.3, 0.4) is 0 Å². The Hall–Kier alpha value is -2.56. The number of carbonyl (C=O) groups excluding carboxylic acids is 1. The van der Waals surface area contributed by atoms with E-state index in [4.69, 9.17) is 13.3 Å². The van der Waals surface area contributed by atoms with Gasteiger partial charge in [-0.15, -0.1) is 0 Å². The summed E-state index contributed by atoms with van der Waals surface area (Å²) in [5.74, 6) is -1.26. The van der Waals surface area contributed by atoms with Crippen LogP contribution >= 0.6 is 0 Å². The molecule has 220 valence electrons. The zero-order chi connectivity index (χ0) is 30.1. The molecule has 2 aromatic rings. The first-order chi connectivity index (χ1) is 18.6. The second-order valence-electron chi connectivity index (χ2n) is 11.5. The van der Waals surface area contributed by atoms with Gasteiger partial charge in [0, 0.05) is 12.0 Å². The Balaban J connectivity index is 2.53. The molecule has 0 fully saturated rings. The van der Waals surface area contributed by atoms with Crippen LogP contribution in [0.25, 0.3) is 0 Å². The van der Waals surface area contributed by atoms with E-state index < -0.39 is 48.6 Å². The number of ether oxygens (including phenoxy) is 1. The largest absolute Gasteiger partial charge is 0.458 e. The van der Waals surface area contributed by atoms with Gasteiger partial charge in [-0.3, -0.25) is 4.18 Å². The van der Waals surface area contributed by atoms with Gasteiger partial charge in [0.1, 0.15) is 12.7 Å². The van der Waals surface area contributed by atoms with Crippen LogP contribution in [0.5, 0.6) is 0 Å². The van der Waals surface area contributed by atoms with Gasteiger partial charge in [-0.1, -0.05) is 94.5 Å². The van der Waals surface area contributed by atoms with Gasteiger partial charge in [0.25, 0.3) is 10.1 Å². The maximum Gasteiger partial charge on any atom is 0.330 e. The quantitative estimate of drug-likeness (QED) is 0.0884. The van der Waals surface area contributed by atoms with Crippen molar-refractivity contribution in [3.8, 4) is 0 Å². The summed E-state index contributed by atoms with van der Waals surface area (Å²) in [5.41, 5.74) is 1.67. The minimum absolute atomic E-state index is 0.0220. The molecule has 0 aromatic heterocycles. The zero-order valence-electron chi connectivity index (χ0n) is 24.7. The summed E-state index contributed by atoms with van der Waals surface area (Å²) in [6.07, 6.45) is 1.38. The molecule has 2 aromatic carbocycles. The van der Waals surface area contributed by atoms with E-state index in [-0.39, 0.29) is 23.0 Å². The summed E-state index contributed by atoms with van der Waals surface area (Å²) >= 11 is 0. The Labute approximate surface area is 241 Å². The Morgan fingerprint density at radius 1 is 1.07 bits per heavy atom. The molecule has 0 bridgehead atoms. The topological polar surface area (TPSA) is 99.1 Å². The lowest BCUT2D eigenvalue weighted by molar-refractivity contribution is -0.136. The number of rotatable bonds is 14. The third-order valence-corrected chi connectivity index (χ3v) is 13.1. The molecular formula is C31H44O7SSi. The molecule has 0 spiro atoms. The molecule has 4 atom stereocenters. The van der Waals surface area contributed by atoms with Gasteiger partial charge in [0.2, 0.25) is 0 Å². The lowest BCUT2D eigenvalue weighted by Crippen LogP contribution is -2.47. The smallest absolute Gasteiger partial charge is 0.330 e. The van der Waals surface area contributed by atoms with Crippen molar-refractivity contribution in [1.29, 1.82) is 0 Å². The van der Waals surface area contributed by atoms with Crippen LogP contribution in [0.2, 0.25) is 18.1 Å². The van der Waals surface area contributed by atoms with Crippen LogP contribution in [0.15, 0.2) is 84.3 Å². The van der Waals surface area contributed by atoms with Crippen molar-refractivity contribution in [3.05, 3.63) is 90.5 Å². The molecule has 0 aliphatic rings. The Morgan fingerprint density at radius 3 is 2.23 bits per heavy atom. The molecule has 40 heavy (non-hydrogen) atoms. The standard InChI is InChI=1S/C31H44O7SSi/c1-9-22-36-28(33)17-13-16-27(32)24(3)29(37-39(34,35)26-20-18-23(2)19-21-26)30(25-14-11-10-12-15-25)38-40(7,8)31(4,5)6/h9-15,17-21,24,27,29-30,32H,1,16,22H2,2-8H3/b17-13+/t24-,27-,29-,30+/m0/s1. The molecule has 0 aliphatic heterocycles. The third-order valence-electron chi connectivity index (χ3n) is 7.30. The van der Waals surface area contributed by atoms with Gasteiger partial charge in [0.15, 0.2) is 8.32 Å². The fourth-order valence-corrected chi connectivity index (χ4v) is 6.12. The molecular weight excluding hydrogens is 544 g/mol. The van der Waals surface area contributed by atoms with Gasteiger partial charge < -0.3 is 14.3 Å². The molecule has 7 nitrogen and oxygen atoms in total. The Morgan fingerprint density at radius 2 is 1.68 bits per heavy atom. The van der Waals surface area contributed by atoms with Crippen LogP contribution in [0.4, 0.5) is 0 Å². The number of hydrogen-bond acceptors (Lipinski definition) is 7. The van der Waals surface area contributed by atoms with Gasteiger partial charge in [-0.05, 0) is 49.2 Å². The van der Waals surface area contributed by atoms with Crippen molar-refractivity contribution >= 4 is 24.4 Å². The first-order valence-electron chi connectivity index (χ1n) is 13.4. The normalized spacial score (nSPS) is 15.8. The average molecular weight is 589 g/mol. The predicted molar refractivity (Wildman–Crippen MR) is 161 cm³/mol. The number of esters is 1. The van der Waals surface area contributed by atoms with Crippen LogP contribution in [-0.2, 0) is 28.3 Å². The maximum atomic E-state index is 13.6. The van der Waals surface area contributed by atoms with E-state index in [9.17, 15) is 18.3 Å². The molecule has 0 heterocycles. The van der Waals surface area contributed by atoms with Crippen molar-refractivity contribution in [2.45, 2.75) is 82.4 Å². The highest BCUT2D eigenvalue weighted by Crippen LogP contribution is 2.43. The van der Waals surface area contributed by atoms with Crippen LogP contribution in [0.1, 0.15) is 51.3 Å². The molecule has 0 unspecified atom stereocenters. The van der Waals surface area contributed by atoms with Gasteiger partial charge in [-0.25, -0.2) is 4.79 Å². The fraction of sp³-hybridized carbons (Fsp3) is 0.452. The monoisotopic (exact) mass is 588 g/mol. The van der Waals surface area contributed by atoms with Gasteiger partial charge in [0.05, 0.1) is 17.1 Å². The summed E-state index contributed by atoms with van der Waals surface area (Å²) in [4.78, 5) is 11.9. The number of aliphatic hydroxyl groups is 1. The maximum absolute atomic E-state index is 13.6. The van der Waals surface area contributed by atoms with Crippen molar-refractivity contribution < 1.29 is 31.7 Å². The molecule has 0 saturated heterocycles. The number of hydrogen-bond donors (Lipinski definition) is 1. The van der Waals surface area contributed by atoms with E-state index in [1.165, 1.54) is 30.4 Å². The summed E-state index contributed by atoms with van der Waals surface area (Å²) in [6, 6.07) is 15.8. The predicted octanol–water partition coefficient (Wildman–Crippen LogP) is 6.50. The van der Waals surface area contributed by atoms with E-state index >= 15 is 0 Å². The second kappa shape index (κ2) is 14.4. The number of aliphatic hydroxyl groups excluding tert-OH is 1. The van der Waals surface area contributed by atoms with Crippen molar-refractivity contribution in [1.82, 2.24) is 0 Å². The molecule has 2 rings (SSSR count). The number of carbonyl (C=O) groups is 1. The minimum Gasteiger partial charge on any atom is -0.458 e. The molecule has 9 heteroatoms. The number of benzene rings is 2. The van der Waals surface area contributed by atoms with Crippen LogP contribution in [-0.4, -0.2) is 46.6 Å². The number of aryl methyl sites for hydroxylation is 1. The van der Waals surface area contributed by atoms with Crippen LogP contribution in [0, 0.1) is 12.8 Å². The summed E-state index contributed by atoms with van der Waals surface area (Å²) < 4.78 is 44.9. The lowest BCUT2D eigenvalue weighted by atomic mass is 9.89. The van der Waals surface area contributed by atoms with Crippen molar-refractivity contribution in [3.63, 3.8) is 0 Å². The van der Waals surface area contributed by atoms with E-state index in [2.05, 4.69) is 40.4 Å². The van der Waals surface area contributed by atoms with Gasteiger partial charge >= 0.3 is 5.97 Å². The van der Waals surface area contributed by atoms with E-state index in [0.717, 1.165) is 11.1 Å². The van der Waals surface area contributed by atoms with Crippen molar-refractivity contribution in [2.75, 3.05) is 6.61 Å². The summed E-state index contributed by atoms with van der Waals surface area (Å²) in [7, 11) is -6.67. The second-order valence-corrected chi connectivity index (χ2v) is 17.8. The summed E-state index contributed by atoms with van der Waals surface area (Å²) in [5, 5.41) is 11.0. The highest BCUT2D eigenvalue weighted by molar-refractivity contribution is 7.86. The third kappa shape index (κ3) is 9.52. The van der Waals surface area contributed by atoms with E-state index in [1.54, 1.807) is 19.1 Å². The van der Waals surface area contributed by atoms with E-state index in [0.29, 0.717) is 0 Å². The first-order valence-corrected chi connectivity index (χ1v) is 17.8. The molecule has 0 amide bonds. The fourth-order valence-electron chi connectivity index (χ4n) is 3.71. The molecule has 0 saturated carbocycles. The average Bonchev–Trinajstić information content (AvgIpc) is 2.89. The SMILES string of the molecule is C=CCOC(=O)/C=C/C[C@H](O)[C@H](C)[C@H](OS(=O)(=O)c1ccc(C)cc1)[C@H](O[Si](C)(C)C(C)(C)C)c1ccccc1. The first kappa shape index (κ1) is 33.6. The minimum atomic E-state index is -4.22. The molecule has 0 aliphatic carbocycles. The highest BCUT2D eigenvalue weighted by atomic mass is 32.2. The van der Waals surface area contributed by atoms with E-state index in [1.807, 2.05) is 37.3 Å². The highest BCUT2D eigenvalue weighted by Gasteiger charge is 2.44. The van der Waals surface area contributed by atoms with Crippen LogP contribution < -0.4 is 0 Å². The Bertz CT molecular complexity index is 1230.